The van der Waals surface area contributed by atoms with Crippen LogP contribution in [0.1, 0.15) is 28.8 Å². The first-order valence-corrected chi connectivity index (χ1v) is 12.3. The molecule has 2 atom stereocenters. The number of phenols is 1. The van der Waals surface area contributed by atoms with Gasteiger partial charge in [0.1, 0.15) is 5.75 Å². The van der Waals surface area contributed by atoms with Gasteiger partial charge in [0, 0.05) is 29.6 Å². The van der Waals surface area contributed by atoms with Crippen molar-refractivity contribution in [1.29, 1.82) is 0 Å². The fourth-order valence-electron chi connectivity index (χ4n) is 6.30. The predicted octanol–water partition coefficient (Wildman–Crippen LogP) is 6.13. The van der Waals surface area contributed by atoms with Crippen LogP contribution in [0.4, 0.5) is 0 Å². The predicted molar refractivity (Wildman–Crippen MR) is 135 cm³/mol. The molecule has 3 nitrogen and oxygen atoms in total. The number of hydrogen-bond donors (Lipinski definition) is 2. The Kier molecular flexibility index (Phi) is 5.20. The first-order valence-electron chi connectivity index (χ1n) is 12.0. The number of fused-ring (bicyclic) bond motifs is 4. The van der Waals surface area contributed by atoms with Crippen LogP contribution in [0, 0.1) is 5.92 Å². The molecular weight excluding hydrogens is 428 g/mol. The smallest absolute Gasteiger partial charge is 0.115 e. The number of benzene rings is 3. The van der Waals surface area contributed by atoms with Crippen molar-refractivity contribution in [3.05, 3.63) is 100 Å². The summed E-state index contributed by atoms with van der Waals surface area (Å²) in [4.78, 5) is 6.32. The second-order valence-electron chi connectivity index (χ2n) is 9.82. The summed E-state index contributed by atoms with van der Waals surface area (Å²) in [7, 11) is 0. The summed E-state index contributed by atoms with van der Waals surface area (Å²) < 4.78 is 0. The first kappa shape index (κ1) is 20.8. The molecule has 4 heteroatoms. The third kappa shape index (κ3) is 3.64. The van der Waals surface area contributed by atoms with E-state index in [9.17, 15) is 5.11 Å². The topological polar surface area (TPSA) is 39.3 Å². The quantitative estimate of drug-likeness (QED) is 0.388. The van der Waals surface area contributed by atoms with Crippen molar-refractivity contribution in [3.8, 4) is 5.75 Å². The number of aromatic nitrogens is 1. The van der Waals surface area contributed by atoms with Gasteiger partial charge in [-0.05, 0) is 73.0 Å². The highest BCUT2D eigenvalue weighted by molar-refractivity contribution is 6.35. The van der Waals surface area contributed by atoms with E-state index in [2.05, 4.69) is 58.4 Å². The third-order valence-electron chi connectivity index (χ3n) is 8.04. The molecule has 0 bridgehead atoms. The number of rotatable bonds is 4. The van der Waals surface area contributed by atoms with E-state index < -0.39 is 0 Å². The van der Waals surface area contributed by atoms with Gasteiger partial charge in [0.25, 0.3) is 0 Å². The summed E-state index contributed by atoms with van der Waals surface area (Å²) in [5.41, 5.74) is 6.51. The Morgan fingerprint density at radius 2 is 1.88 bits per heavy atom. The minimum absolute atomic E-state index is 0.0301. The minimum atomic E-state index is 0.0301. The van der Waals surface area contributed by atoms with Gasteiger partial charge in [-0.3, -0.25) is 0 Å². The molecule has 1 aliphatic carbocycles. The Balaban J connectivity index is 1.36. The van der Waals surface area contributed by atoms with Crippen molar-refractivity contribution >= 4 is 22.5 Å². The Bertz CT molecular complexity index is 1300. The van der Waals surface area contributed by atoms with Gasteiger partial charge in [-0.2, -0.15) is 0 Å². The fourth-order valence-corrected chi connectivity index (χ4v) is 6.52. The van der Waals surface area contributed by atoms with Crippen molar-refractivity contribution in [2.75, 3.05) is 19.6 Å². The molecule has 0 spiro atoms. The summed E-state index contributed by atoms with van der Waals surface area (Å²) >= 11 is 6.55. The van der Waals surface area contributed by atoms with Crippen LogP contribution in [0.15, 0.2) is 72.8 Å². The summed E-state index contributed by atoms with van der Waals surface area (Å²) in [5, 5.41) is 12.4. The molecule has 4 aromatic rings. The minimum Gasteiger partial charge on any atom is -0.508 e. The van der Waals surface area contributed by atoms with Gasteiger partial charge < -0.3 is 15.0 Å². The van der Waals surface area contributed by atoms with E-state index in [-0.39, 0.29) is 5.41 Å². The summed E-state index contributed by atoms with van der Waals surface area (Å²) in [6.45, 7) is 3.24. The van der Waals surface area contributed by atoms with E-state index >= 15 is 0 Å². The van der Waals surface area contributed by atoms with Crippen LogP contribution in [0.5, 0.6) is 5.75 Å². The molecule has 2 heterocycles. The van der Waals surface area contributed by atoms with Gasteiger partial charge in [0.2, 0.25) is 0 Å². The molecule has 168 valence electrons. The van der Waals surface area contributed by atoms with Gasteiger partial charge >= 0.3 is 0 Å². The number of hydrogen-bond acceptors (Lipinski definition) is 2. The highest BCUT2D eigenvalue weighted by Crippen LogP contribution is 2.49. The highest BCUT2D eigenvalue weighted by atomic mass is 35.5. The molecular formula is C29H29ClN2O. The molecule has 6 rings (SSSR count). The molecule has 0 amide bonds. The molecule has 1 aromatic heterocycles. The number of nitrogens with one attached hydrogen (secondary N) is 1. The van der Waals surface area contributed by atoms with Gasteiger partial charge in [0.15, 0.2) is 0 Å². The molecule has 1 aliphatic heterocycles. The van der Waals surface area contributed by atoms with Crippen LogP contribution in [0.2, 0.25) is 5.02 Å². The summed E-state index contributed by atoms with van der Waals surface area (Å²) in [6, 6.07) is 25.0. The Morgan fingerprint density at radius 3 is 2.73 bits per heavy atom. The zero-order valence-corrected chi connectivity index (χ0v) is 19.5. The number of nitrogens with zero attached hydrogens (tertiary/aromatic N) is 1. The lowest BCUT2D eigenvalue weighted by atomic mass is 9.58. The van der Waals surface area contributed by atoms with Crippen molar-refractivity contribution < 1.29 is 5.11 Å². The number of aromatic amines is 1. The lowest BCUT2D eigenvalue weighted by molar-refractivity contribution is 0.0822. The molecule has 0 saturated carbocycles. The van der Waals surface area contributed by atoms with Crippen molar-refractivity contribution in [2.24, 2.45) is 5.92 Å². The first-order chi connectivity index (χ1) is 16.1. The van der Waals surface area contributed by atoms with Crippen LogP contribution in [0.25, 0.3) is 10.9 Å². The van der Waals surface area contributed by atoms with Crippen molar-refractivity contribution in [1.82, 2.24) is 9.88 Å². The van der Waals surface area contributed by atoms with E-state index in [0.29, 0.717) is 11.7 Å². The lowest BCUT2D eigenvalue weighted by Crippen LogP contribution is -2.54. The average Bonchev–Trinajstić information content (AvgIpc) is 3.20. The summed E-state index contributed by atoms with van der Waals surface area (Å²) in [5.74, 6) is 0.854. The number of likely N-dealkylation sites (tertiary alicyclic amines) is 1. The second kappa shape index (κ2) is 8.23. The SMILES string of the molecule is Oc1cccc([C@]23CCN(CCc4ccccc4)CC2Cc2c([nH]c4c(Cl)cccc24)C3)c1. The molecule has 1 fully saturated rings. The number of piperidine rings is 1. The second-order valence-corrected chi connectivity index (χ2v) is 10.2. The lowest BCUT2D eigenvalue weighted by Gasteiger charge is -2.51. The van der Waals surface area contributed by atoms with Crippen LogP contribution in [-0.2, 0) is 24.7 Å². The van der Waals surface area contributed by atoms with E-state index in [1.165, 1.54) is 27.8 Å². The number of H-pyrrole nitrogens is 1. The maximum Gasteiger partial charge on any atom is 0.115 e. The average molecular weight is 457 g/mol. The van der Waals surface area contributed by atoms with Gasteiger partial charge in [-0.25, -0.2) is 0 Å². The molecule has 3 aromatic carbocycles. The van der Waals surface area contributed by atoms with Gasteiger partial charge in [-0.15, -0.1) is 0 Å². The zero-order chi connectivity index (χ0) is 22.4. The van der Waals surface area contributed by atoms with E-state index in [1.54, 1.807) is 6.07 Å². The van der Waals surface area contributed by atoms with Gasteiger partial charge in [0.05, 0.1) is 10.5 Å². The normalized spacial score (nSPS) is 22.8. The van der Waals surface area contributed by atoms with E-state index in [4.69, 9.17) is 11.6 Å². The number of aromatic hydroxyl groups is 1. The maximum atomic E-state index is 10.3. The molecule has 1 unspecified atom stereocenters. The Hall–Kier alpha value is -2.75. The van der Waals surface area contributed by atoms with Crippen LogP contribution < -0.4 is 0 Å². The van der Waals surface area contributed by atoms with Crippen LogP contribution >= 0.6 is 11.6 Å². The van der Waals surface area contributed by atoms with Crippen molar-refractivity contribution in [2.45, 2.75) is 31.1 Å². The van der Waals surface area contributed by atoms with E-state index in [1.807, 2.05) is 18.2 Å². The van der Waals surface area contributed by atoms with Gasteiger partial charge in [-0.1, -0.05) is 66.2 Å². The maximum absolute atomic E-state index is 10.3. The van der Waals surface area contributed by atoms with Crippen LogP contribution in [-0.4, -0.2) is 34.6 Å². The van der Waals surface area contributed by atoms with Crippen LogP contribution in [0.3, 0.4) is 0 Å². The molecule has 2 aliphatic rings. The highest BCUT2D eigenvalue weighted by Gasteiger charge is 2.48. The number of para-hydroxylation sites is 1. The fraction of sp³-hybridized carbons (Fsp3) is 0.310. The standard InChI is InChI=1S/C29H29ClN2O/c30-26-11-5-10-24-25-17-22-19-32(14-12-20-6-2-1-3-7-20)15-13-29(22,18-27(25)31-28(24)26)21-8-4-9-23(33)16-21/h1-11,16,22,31,33H,12-15,17-19H2/t22?,29-/m1/s1. The number of halogens is 1. The summed E-state index contributed by atoms with van der Waals surface area (Å²) in [6.07, 6.45) is 4.18. The largest absolute Gasteiger partial charge is 0.508 e. The monoisotopic (exact) mass is 456 g/mol. The number of phenolic OH excluding ortho intramolecular Hbond substituents is 1. The molecule has 0 radical (unpaired) electrons. The molecule has 2 N–H and O–H groups in total. The third-order valence-corrected chi connectivity index (χ3v) is 8.35. The Morgan fingerprint density at radius 1 is 1.03 bits per heavy atom. The Labute approximate surface area is 200 Å². The molecule has 1 saturated heterocycles. The zero-order valence-electron chi connectivity index (χ0n) is 18.7. The van der Waals surface area contributed by atoms with Crippen molar-refractivity contribution in [3.63, 3.8) is 0 Å². The molecule has 33 heavy (non-hydrogen) atoms. The van der Waals surface area contributed by atoms with E-state index in [0.717, 1.165) is 55.9 Å².